The van der Waals surface area contributed by atoms with Gasteiger partial charge in [0.1, 0.15) is 6.33 Å². The van der Waals surface area contributed by atoms with Crippen LogP contribution in [0.1, 0.15) is 0 Å². The lowest BCUT2D eigenvalue weighted by atomic mass is 10.1. The third-order valence-electron chi connectivity index (χ3n) is 2.49. The number of rotatable bonds is 1. The highest BCUT2D eigenvalue weighted by molar-refractivity contribution is 5.84. The van der Waals surface area contributed by atoms with Crippen LogP contribution in [0.15, 0.2) is 43.1 Å². The highest BCUT2D eigenvalue weighted by atomic mass is 15.0. The zero-order valence-corrected chi connectivity index (χ0v) is 8.91. The van der Waals surface area contributed by atoms with Gasteiger partial charge in [-0.05, 0) is 17.7 Å². The molecule has 0 unspecified atom stereocenters. The first-order valence-electron chi connectivity index (χ1n) is 5.10. The molecule has 0 aliphatic carbocycles. The minimum atomic E-state index is 0.285. The number of nitrogens with zero attached hydrogens (tertiary/aromatic N) is 4. The van der Waals surface area contributed by atoms with Gasteiger partial charge in [0.25, 0.3) is 0 Å². The van der Waals surface area contributed by atoms with Gasteiger partial charge in [-0.1, -0.05) is 6.07 Å². The summed E-state index contributed by atoms with van der Waals surface area (Å²) in [6.45, 7) is 0. The molecule has 2 heterocycles. The Balaban J connectivity index is 2.17. The van der Waals surface area contributed by atoms with Gasteiger partial charge >= 0.3 is 0 Å². The highest BCUT2D eigenvalue weighted by Crippen LogP contribution is 2.22. The Morgan fingerprint density at radius 2 is 1.76 bits per heavy atom. The summed E-state index contributed by atoms with van der Waals surface area (Å²) in [4.78, 5) is 16.1. The molecule has 0 atom stereocenters. The second-order valence-corrected chi connectivity index (χ2v) is 3.63. The first-order chi connectivity index (χ1) is 8.33. The van der Waals surface area contributed by atoms with Gasteiger partial charge in [0.2, 0.25) is 5.95 Å². The van der Waals surface area contributed by atoms with Crippen molar-refractivity contribution in [3.8, 4) is 11.1 Å². The zero-order chi connectivity index (χ0) is 11.7. The second-order valence-electron chi connectivity index (χ2n) is 3.63. The molecule has 0 aliphatic rings. The fourth-order valence-corrected chi connectivity index (χ4v) is 1.68. The van der Waals surface area contributed by atoms with Crippen LogP contribution in [0.3, 0.4) is 0 Å². The van der Waals surface area contributed by atoms with Crippen molar-refractivity contribution in [1.82, 2.24) is 19.9 Å². The molecule has 5 nitrogen and oxygen atoms in total. The van der Waals surface area contributed by atoms with E-state index in [0.717, 1.165) is 22.0 Å². The van der Waals surface area contributed by atoms with Crippen LogP contribution >= 0.6 is 0 Å². The lowest BCUT2D eigenvalue weighted by molar-refractivity contribution is 1.17. The van der Waals surface area contributed by atoms with Crippen molar-refractivity contribution in [2.24, 2.45) is 0 Å². The second kappa shape index (κ2) is 3.79. The van der Waals surface area contributed by atoms with Crippen LogP contribution in [0.4, 0.5) is 5.95 Å². The zero-order valence-electron chi connectivity index (χ0n) is 8.91. The van der Waals surface area contributed by atoms with Crippen molar-refractivity contribution < 1.29 is 0 Å². The Bertz CT molecular complexity index is 666. The maximum Gasteiger partial charge on any atom is 0.220 e. The van der Waals surface area contributed by atoms with E-state index in [4.69, 9.17) is 5.73 Å². The Kier molecular flexibility index (Phi) is 2.15. The number of benzene rings is 1. The van der Waals surface area contributed by atoms with Gasteiger partial charge in [-0.25, -0.2) is 19.9 Å². The molecule has 0 amide bonds. The van der Waals surface area contributed by atoms with Gasteiger partial charge in [-0.2, -0.15) is 0 Å². The van der Waals surface area contributed by atoms with Crippen molar-refractivity contribution in [2.75, 3.05) is 5.73 Å². The molecular formula is C12H9N5. The minimum absolute atomic E-state index is 0.285. The van der Waals surface area contributed by atoms with E-state index in [9.17, 15) is 0 Å². The van der Waals surface area contributed by atoms with Gasteiger partial charge in [0, 0.05) is 29.5 Å². The Morgan fingerprint density at radius 3 is 2.59 bits per heavy atom. The molecule has 3 aromatic rings. The molecular weight excluding hydrogens is 214 g/mol. The summed E-state index contributed by atoms with van der Waals surface area (Å²) < 4.78 is 0. The number of hydrogen-bond donors (Lipinski definition) is 1. The lowest BCUT2D eigenvalue weighted by Gasteiger charge is -2.02. The third kappa shape index (κ3) is 1.78. The Labute approximate surface area is 97.4 Å². The summed E-state index contributed by atoms with van der Waals surface area (Å²) >= 11 is 0. The quantitative estimate of drug-likeness (QED) is 0.679. The van der Waals surface area contributed by atoms with Crippen LogP contribution in [0.25, 0.3) is 22.0 Å². The van der Waals surface area contributed by atoms with E-state index in [1.54, 1.807) is 18.6 Å². The molecule has 2 N–H and O–H groups in total. The molecule has 2 aromatic heterocycles. The first-order valence-corrected chi connectivity index (χ1v) is 5.10. The molecule has 0 aliphatic heterocycles. The van der Waals surface area contributed by atoms with Crippen molar-refractivity contribution in [3.05, 3.63) is 43.1 Å². The summed E-state index contributed by atoms with van der Waals surface area (Å²) in [5.74, 6) is 0.285. The molecule has 0 radical (unpaired) electrons. The molecule has 0 spiro atoms. The number of hydrogen-bond acceptors (Lipinski definition) is 5. The molecule has 5 heteroatoms. The fraction of sp³-hybridized carbons (Fsp3) is 0. The number of anilines is 1. The summed E-state index contributed by atoms with van der Waals surface area (Å²) in [6, 6.07) is 5.87. The summed E-state index contributed by atoms with van der Waals surface area (Å²) in [6.07, 6.45) is 6.76. The van der Waals surface area contributed by atoms with Crippen LogP contribution < -0.4 is 5.73 Å². The predicted octanol–water partition coefficient (Wildman–Crippen LogP) is 1.67. The van der Waals surface area contributed by atoms with Gasteiger partial charge in [0.15, 0.2) is 0 Å². The number of nitrogen functional groups attached to an aromatic ring is 1. The van der Waals surface area contributed by atoms with E-state index >= 15 is 0 Å². The molecule has 1 aromatic carbocycles. The standard InChI is InChI=1S/C12H9N5/c13-12-16-6-9-3-8(1-2-11(9)17-12)10-4-14-7-15-5-10/h1-7H,(H2,13,16,17). The van der Waals surface area contributed by atoms with Crippen molar-refractivity contribution in [2.45, 2.75) is 0 Å². The van der Waals surface area contributed by atoms with E-state index in [0.29, 0.717) is 0 Å². The fourth-order valence-electron chi connectivity index (χ4n) is 1.68. The molecule has 0 fully saturated rings. The normalized spacial score (nSPS) is 10.6. The van der Waals surface area contributed by atoms with Crippen LogP contribution in [-0.4, -0.2) is 19.9 Å². The summed E-state index contributed by atoms with van der Waals surface area (Å²) in [5, 5.41) is 0.945. The number of nitrogens with two attached hydrogens (primary N) is 1. The number of aromatic nitrogens is 4. The molecule has 17 heavy (non-hydrogen) atoms. The number of fused-ring (bicyclic) bond motifs is 1. The van der Waals surface area contributed by atoms with Gasteiger partial charge in [-0.15, -0.1) is 0 Å². The maximum atomic E-state index is 5.53. The molecule has 0 saturated heterocycles. The lowest BCUT2D eigenvalue weighted by Crippen LogP contribution is -1.94. The predicted molar refractivity (Wildman–Crippen MR) is 65.0 cm³/mol. The summed E-state index contributed by atoms with van der Waals surface area (Å²) in [5.41, 5.74) is 8.36. The van der Waals surface area contributed by atoms with Crippen molar-refractivity contribution >= 4 is 16.9 Å². The molecule has 0 bridgehead atoms. The highest BCUT2D eigenvalue weighted by Gasteiger charge is 2.01. The largest absolute Gasteiger partial charge is 0.368 e. The van der Waals surface area contributed by atoms with Gasteiger partial charge in [-0.3, -0.25) is 0 Å². The third-order valence-corrected chi connectivity index (χ3v) is 2.49. The van der Waals surface area contributed by atoms with E-state index in [2.05, 4.69) is 19.9 Å². The van der Waals surface area contributed by atoms with E-state index in [-0.39, 0.29) is 5.95 Å². The topological polar surface area (TPSA) is 77.6 Å². The van der Waals surface area contributed by atoms with Crippen LogP contribution in [0.5, 0.6) is 0 Å². The average molecular weight is 223 g/mol. The maximum absolute atomic E-state index is 5.53. The van der Waals surface area contributed by atoms with Crippen LogP contribution in [-0.2, 0) is 0 Å². The molecule has 82 valence electrons. The van der Waals surface area contributed by atoms with Gasteiger partial charge in [0.05, 0.1) is 5.52 Å². The van der Waals surface area contributed by atoms with Crippen molar-refractivity contribution in [1.29, 1.82) is 0 Å². The monoisotopic (exact) mass is 223 g/mol. The molecule has 0 saturated carbocycles. The van der Waals surface area contributed by atoms with Crippen LogP contribution in [0, 0.1) is 0 Å². The van der Waals surface area contributed by atoms with Gasteiger partial charge < -0.3 is 5.73 Å². The van der Waals surface area contributed by atoms with Crippen molar-refractivity contribution in [3.63, 3.8) is 0 Å². The van der Waals surface area contributed by atoms with E-state index in [1.807, 2.05) is 18.2 Å². The van der Waals surface area contributed by atoms with E-state index in [1.165, 1.54) is 6.33 Å². The first kappa shape index (κ1) is 9.65. The minimum Gasteiger partial charge on any atom is -0.368 e. The smallest absolute Gasteiger partial charge is 0.220 e. The Morgan fingerprint density at radius 1 is 0.941 bits per heavy atom. The van der Waals surface area contributed by atoms with E-state index < -0.39 is 0 Å². The van der Waals surface area contributed by atoms with Crippen LogP contribution in [0.2, 0.25) is 0 Å². The molecule has 3 rings (SSSR count). The average Bonchev–Trinajstić information content (AvgIpc) is 2.39. The Hall–Kier alpha value is -2.56. The summed E-state index contributed by atoms with van der Waals surface area (Å²) in [7, 11) is 0. The SMILES string of the molecule is Nc1ncc2cc(-c3cncnc3)ccc2n1.